The van der Waals surface area contributed by atoms with E-state index in [0.717, 1.165) is 17.2 Å². The van der Waals surface area contributed by atoms with Crippen molar-refractivity contribution in [2.45, 2.75) is 42.3 Å². The molecule has 0 aliphatic carbocycles. The van der Waals surface area contributed by atoms with Gasteiger partial charge in [0.1, 0.15) is 11.8 Å². The molecule has 4 nitrogen and oxygen atoms in total. The fraction of sp³-hybridized carbons (Fsp3) is 0.375. The third-order valence-corrected chi connectivity index (χ3v) is 6.30. The summed E-state index contributed by atoms with van der Waals surface area (Å²) in [4.78, 5) is 12.4. The summed E-state index contributed by atoms with van der Waals surface area (Å²) in [6, 6.07) is 10.9. The molecule has 0 spiro atoms. The predicted octanol–water partition coefficient (Wildman–Crippen LogP) is 4.81. The van der Waals surface area contributed by atoms with Gasteiger partial charge in [0.15, 0.2) is 11.4 Å². The lowest BCUT2D eigenvalue weighted by Crippen LogP contribution is -2.22. The Balaban J connectivity index is 2.11. The van der Waals surface area contributed by atoms with Crippen LogP contribution < -0.4 is 0 Å². The van der Waals surface area contributed by atoms with E-state index in [1.807, 2.05) is 30.3 Å². The van der Waals surface area contributed by atoms with Gasteiger partial charge < -0.3 is 4.74 Å². The van der Waals surface area contributed by atoms with Crippen molar-refractivity contribution in [3.63, 3.8) is 0 Å². The summed E-state index contributed by atoms with van der Waals surface area (Å²) < 4.78 is 7.39. The molecule has 23 heavy (non-hydrogen) atoms. The van der Waals surface area contributed by atoms with Crippen molar-refractivity contribution in [2.24, 2.45) is 0 Å². The number of rotatable bonds is 8. The standard InChI is InChI=1S/C16H21ClN2O2SSi/c1-23(2,3)10-9-21-12-19-16(14(11-20)15(17)18-19)22-13-7-5-4-6-8-13/h4-8,11H,9-10,12H2,1-3H3. The number of aromatic nitrogens is 2. The largest absolute Gasteiger partial charge is 0.359 e. The molecule has 0 amide bonds. The van der Waals surface area contributed by atoms with Crippen LogP contribution in [0.3, 0.4) is 0 Å². The van der Waals surface area contributed by atoms with Crippen molar-refractivity contribution in [2.75, 3.05) is 6.61 Å². The van der Waals surface area contributed by atoms with E-state index in [4.69, 9.17) is 16.3 Å². The molecule has 0 atom stereocenters. The van der Waals surface area contributed by atoms with E-state index in [1.165, 1.54) is 11.8 Å². The first-order valence-electron chi connectivity index (χ1n) is 7.43. The number of nitrogens with zero attached hydrogens (tertiary/aromatic N) is 2. The fourth-order valence-electron chi connectivity index (χ4n) is 1.86. The minimum Gasteiger partial charge on any atom is -0.359 e. The van der Waals surface area contributed by atoms with Gasteiger partial charge in [-0.25, -0.2) is 4.68 Å². The first-order chi connectivity index (χ1) is 10.9. The maximum Gasteiger partial charge on any atom is 0.162 e. The molecule has 0 unspecified atom stereocenters. The summed E-state index contributed by atoms with van der Waals surface area (Å²) in [5.41, 5.74) is 0.411. The van der Waals surface area contributed by atoms with E-state index >= 15 is 0 Å². The van der Waals surface area contributed by atoms with Crippen LogP contribution in [-0.2, 0) is 11.5 Å². The molecule has 0 fully saturated rings. The Morgan fingerprint density at radius 2 is 2.00 bits per heavy atom. The molecular weight excluding hydrogens is 348 g/mol. The van der Waals surface area contributed by atoms with Crippen LogP contribution >= 0.6 is 23.4 Å². The van der Waals surface area contributed by atoms with Crippen molar-refractivity contribution < 1.29 is 9.53 Å². The molecule has 124 valence electrons. The highest BCUT2D eigenvalue weighted by atomic mass is 35.5. The maximum absolute atomic E-state index is 11.3. The SMILES string of the molecule is C[Si](C)(C)CCOCn1nc(Cl)c(C=O)c1Sc1ccccc1. The number of benzene rings is 1. The Hall–Kier alpha value is -1.08. The average Bonchev–Trinajstić information content (AvgIpc) is 2.79. The monoisotopic (exact) mass is 368 g/mol. The highest BCUT2D eigenvalue weighted by Crippen LogP contribution is 2.33. The molecule has 1 aromatic heterocycles. The Morgan fingerprint density at radius 3 is 2.61 bits per heavy atom. The van der Waals surface area contributed by atoms with Gasteiger partial charge in [0.25, 0.3) is 0 Å². The van der Waals surface area contributed by atoms with E-state index in [0.29, 0.717) is 23.9 Å². The topological polar surface area (TPSA) is 44.1 Å². The Labute approximate surface area is 147 Å². The first-order valence-corrected chi connectivity index (χ1v) is 12.3. The average molecular weight is 369 g/mol. The molecule has 0 saturated heterocycles. The second-order valence-electron chi connectivity index (χ2n) is 6.39. The molecule has 1 heterocycles. The van der Waals surface area contributed by atoms with Crippen LogP contribution in [0.1, 0.15) is 10.4 Å². The summed E-state index contributed by atoms with van der Waals surface area (Å²) in [6.45, 7) is 7.92. The zero-order valence-electron chi connectivity index (χ0n) is 13.6. The normalized spacial score (nSPS) is 11.7. The van der Waals surface area contributed by atoms with Crippen LogP contribution in [0, 0.1) is 0 Å². The van der Waals surface area contributed by atoms with Crippen LogP contribution in [0.5, 0.6) is 0 Å². The maximum atomic E-state index is 11.3. The molecule has 0 radical (unpaired) electrons. The summed E-state index contributed by atoms with van der Waals surface area (Å²) >= 11 is 7.54. The highest BCUT2D eigenvalue weighted by Gasteiger charge is 2.18. The molecule has 2 rings (SSSR count). The molecular formula is C16H21ClN2O2SSi. The van der Waals surface area contributed by atoms with Crippen LogP contribution in [0.2, 0.25) is 30.8 Å². The highest BCUT2D eigenvalue weighted by molar-refractivity contribution is 7.99. The van der Waals surface area contributed by atoms with E-state index in [-0.39, 0.29) is 5.15 Å². The molecule has 0 bridgehead atoms. The lowest BCUT2D eigenvalue weighted by atomic mass is 10.4. The van der Waals surface area contributed by atoms with E-state index in [9.17, 15) is 4.79 Å². The van der Waals surface area contributed by atoms with Gasteiger partial charge in [-0.2, -0.15) is 5.10 Å². The third-order valence-electron chi connectivity index (χ3n) is 3.18. The number of aldehydes is 1. The van der Waals surface area contributed by atoms with Gasteiger partial charge in [-0.05, 0) is 18.2 Å². The van der Waals surface area contributed by atoms with Crippen LogP contribution in [0.4, 0.5) is 0 Å². The zero-order chi connectivity index (χ0) is 16.9. The van der Waals surface area contributed by atoms with E-state index in [1.54, 1.807) is 4.68 Å². The van der Waals surface area contributed by atoms with Gasteiger partial charge in [-0.3, -0.25) is 4.79 Å². The summed E-state index contributed by atoms with van der Waals surface area (Å²) in [5.74, 6) is 0. The Kier molecular flexibility index (Phi) is 6.47. The summed E-state index contributed by atoms with van der Waals surface area (Å²) in [6.07, 6.45) is 0.749. The van der Waals surface area contributed by atoms with Crippen molar-refractivity contribution in [3.8, 4) is 0 Å². The van der Waals surface area contributed by atoms with Gasteiger partial charge in [0.2, 0.25) is 0 Å². The van der Waals surface area contributed by atoms with Crippen molar-refractivity contribution in [1.29, 1.82) is 0 Å². The zero-order valence-corrected chi connectivity index (χ0v) is 16.2. The van der Waals surface area contributed by atoms with Gasteiger partial charge in [-0.15, -0.1) is 0 Å². The molecule has 0 aliphatic rings. The predicted molar refractivity (Wildman–Crippen MR) is 97.3 cm³/mol. The molecule has 2 aromatic rings. The lowest BCUT2D eigenvalue weighted by molar-refractivity contribution is 0.0725. The number of halogens is 1. The number of ether oxygens (including phenoxy) is 1. The van der Waals surface area contributed by atoms with Crippen molar-refractivity contribution in [1.82, 2.24) is 9.78 Å². The van der Waals surface area contributed by atoms with Crippen LogP contribution in [0.25, 0.3) is 0 Å². The minimum atomic E-state index is -1.12. The van der Waals surface area contributed by atoms with Crippen LogP contribution in [0.15, 0.2) is 40.3 Å². The van der Waals surface area contributed by atoms with Gasteiger partial charge in [0, 0.05) is 19.6 Å². The van der Waals surface area contributed by atoms with Gasteiger partial charge in [0.05, 0.1) is 5.56 Å². The van der Waals surface area contributed by atoms with E-state index in [2.05, 4.69) is 24.7 Å². The molecule has 7 heteroatoms. The molecule has 0 aliphatic heterocycles. The Bertz CT molecular complexity index is 656. The summed E-state index contributed by atoms with van der Waals surface area (Å²) in [7, 11) is -1.12. The van der Waals surface area contributed by atoms with Crippen LogP contribution in [-0.4, -0.2) is 30.7 Å². The van der Waals surface area contributed by atoms with Gasteiger partial charge in [-0.1, -0.05) is 61.2 Å². The van der Waals surface area contributed by atoms with Crippen molar-refractivity contribution in [3.05, 3.63) is 41.0 Å². The molecule has 0 N–H and O–H groups in total. The Morgan fingerprint density at radius 1 is 1.30 bits per heavy atom. The smallest absolute Gasteiger partial charge is 0.162 e. The molecule has 1 aromatic carbocycles. The quantitative estimate of drug-likeness (QED) is 0.381. The third kappa shape index (κ3) is 5.49. The number of carbonyl (C=O) groups excluding carboxylic acids is 1. The summed E-state index contributed by atoms with van der Waals surface area (Å²) in [5, 5.41) is 5.16. The lowest BCUT2D eigenvalue weighted by Gasteiger charge is -2.15. The molecule has 0 saturated carbocycles. The van der Waals surface area contributed by atoms with Crippen molar-refractivity contribution >= 4 is 37.7 Å². The minimum absolute atomic E-state index is 0.215. The fourth-order valence-corrected chi connectivity index (χ4v) is 3.86. The second kappa shape index (κ2) is 8.15. The van der Waals surface area contributed by atoms with Gasteiger partial charge >= 0.3 is 0 Å². The van der Waals surface area contributed by atoms with E-state index < -0.39 is 8.07 Å². The first kappa shape index (κ1) is 18.3. The number of carbonyl (C=O) groups is 1. The second-order valence-corrected chi connectivity index (χ2v) is 13.4. The number of hydrogen-bond acceptors (Lipinski definition) is 4. The number of hydrogen-bond donors (Lipinski definition) is 0.